The molecule has 0 bridgehead atoms. The summed E-state index contributed by atoms with van der Waals surface area (Å²) in [5, 5.41) is 0. The molecule has 2 aliphatic heterocycles. The number of hydrogen-bond donors (Lipinski definition) is 1. The van der Waals surface area contributed by atoms with Crippen molar-refractivity contribution in [2.24, 2.45) is 0 Å². The fourth-order valence-corrected chi connectivity index (χ4v) is 4.77. The first-order chi connectivity index (χ1) is 6.18. The lowest BCUT2D eigenvalue weighted by Crippen LogP contribution is -2.31. The van der Waals surface area contributed by atoms with Gasteiger partial charge in [-0.15, -0.1) is 0 Å². The molecule has 0 spiro atoms. The van der Waals surface area contributed by atoms with Crippen LogP contribution in [-0.2, 0) is 15.6 Å². The molecule has 1 N–H and O–H groups in total. The molecule has 2 saturated heterocycles. The molecule has 2 unspecified atom stereocenters. The van der Waals surface area contributed by atoms with Crippen LogP contribution >= 0.6 is 18.9 Å². The summed E-state index contributed by atoms with van der Waals surface area (Å²) in [5.74, 6) is 0.187. The van der Waals surface area contributed by atoms with Gasteiger partial charge in [-0.05, 0) is 24.1 Å². The van der Waals surface area contributed by atoms with Crippen molar-refractivity contribution >= 4 is 30.0 Å². The fraction of sp³-hybridized carbons (Fsp3) is 1.00. The fourth-order valence-electron chi connectivity index (χ4n) is 1.87. The Hall–Kier alpha value is 0.750. The first kappa shape index (κ1) is 10.3. The van der Waals surface area contributed by atoms with Gasteiger partial charge in [-0.25, -0.2) is 8.88 Å². The van der Waals surface area contributed by atoms with Gasteiger partial charge in [0.05, 0.1) is 11.9 Å². The lowest BCUT2D eigenvalue weighted by Gasteiger charge is -2.15. The van der Waals surface area contributed by atoms with Gasteiger partial charge >= 0.3 is 0 Å². The van der Waals surface area contributed by atoms with Crippen molar-refractivity contribution in [1.82, 2.24) is 4.67 Å². The normalized spacial score (nSPS) is 42.2. The molecule has 2 heterocycles. The van der Waals surface area contributed by atoms with E-state index in [0.717, 1.165) is 19.4 Å². The van der Waals surface area contributed by atoms with Crippen LogP contribution in [0.25, 0.3) is 0 Å². The predicted molar refractivity (Wildman–Crippen MR) is 53.0 cm³/mol. The van der Waals surface area contributed by atoms with Crippen molar-refractivity contribution in [3.8, 4) is 0 Å². The summed E-state index contributed by atoms with van der Waals surface area (Å²) in [6.45, 7) is 0.967. The van der Waals surface area contributed by atoms with Crippen LogP contribution in [0.5, 0.6) is 0 Å². The Morgan fingerprint density at radius 2 is 2.54 bits per heavy atom. The molecule has 2 aliphatic rings. The van der Waals surface area contributed by atoms with Crippen molar-refractivity contribution < 1.29 is 13.3 Å². The van der Waals surface area contributed by atoms with Gasteiger partial charge in [-0.2, -0.15) is 0 Å². The van der Waals surface area contributed by atoms with E-state index in [2.05, 4.69) is 4.67 Å². The Balaban J connectivity index is 2.02. The average molecular weight is 244 g/mol. The maximum atomic E-state index is 10.6. The molecule has 0 aliphatic carbocycles. The Morgan fingerprint density at radius 1 is 1.77 bits per heavy atom. The van der Waals surface area contributed by atoms with Gasteiger partial charge in [-0.1, -0.05) is 0 Å². The van der Waals surface area contributed by atoms with Gasteiger partial charge in [0.2, 0.25) is 7.65 Å². The molecule has 0 radical (unpaired) electrons. The van der Waals surface area contributed by atoms with E-state index in [0.29, 0.717) is 0 Å². The summed E-state index contributed by atoms with van der Waals surface area (Å²) in [4.78, 5) is 0. The minimum absolute atomic E-state index is 0.142. The zero-order valence-electron chi connectivity index (χ0n) is 6.93. The number of halogens is 1. The lowest BCUT2D eigenvalue weighted by molar-refractivity contribution is 0.234. The maximum Gasteiger partial charge on any atom is 0.207 e. The second-order valence-electron chi connectivity index (χ2n) is 3.23. The number of rotatable bonds is 2. The molecule has 4 nitrogen and oxygen atoms in total. The highest BCUT2D eigenvalue weighted by Gasteiger charge is 2.45. The van der Waals surface area contributed by atoms with Gasteiger partial charge in [-0.3, -0.25) is 0 Å². The van der Waals surface area contributed by atoms with Crippen LogP contribution in [0, 0.1) is 0 Å². The lowest BCUT2D eigenvalue weighted by atomic mass is 10.1. The van der Waals surface area contributed by atoms with E-state index in [1.165, 1.54) is 0 Å². The Bertz CT molecular complexity index is 232. The highest BCUT2D eigenvalue weighted by molar-refractivity contribution is 7.79. The van der Waals surface area contributed by atoms with E-state index >= 15 is 0 Å². The summed E-state index contributed by atoms with van der Waals surface area (Å²) in [5.41, 5.74) is 0. The van der Waals surface area contributed by atoms with E-state index in [1.54, 1.807) is 0 Å². The van der Waals surface area contributed by atoms with E-state index < -0.39 is 18.7 Å². The molecule has 2 fully saturated rings. The molecular formula is C6H11ClNO3PS. The third kappa shape index (κ3) is 2.06. The SMILES string of the molecule is O=S(O)C[C@H]1OP(Cl)N2CCC[C@@H]12. The quantitative estimate of drug-likeness (QED) is 0.590. The smallest absolute Gasteiger partial charge is 0.207 e. The Morgan fingerprint density at radius 3 is 3.23 bits per heavy atom. The van der Waals surface area contributed by atoms with Crippen molar-refractivity contribution in [3.63, 3.8) is 0 Å². The molecule has 0 saturated carbocycles. The third-order valence-electron chi connectivity index (χ3n) is 2.43. The molecule has 13 heavy (non-hydrogen) atoms. The number of fused-ring (bicyclic) bond motifs is 1. The Labute approximate surface area is 85.5 Å². The number of hydrogen-bond acceptors (Lipinski definition) is 3. The molecule has 0 aromatic heterocycles. The molecule has 76 valence electrons. The molecule has 7 heteroatoms. The van der Waals surface area contributed by atoms with E-state index in [4.69, 9.17) is 20.3 Å². The van der Waals surface area contributed by atoms with Crippen LogP contribution < -0.4 is 0 Å². The summed E-state index contributed by atoms with van der Waals surface area (Å²) in [6.07, 6.45) is 2.01. The van der Waals surface area contributed by atoms with Crippen molar-refractivity contribution in [2.45, 2.75) is 25.0 Å². The van der Waals surface area contributed by atoms with E-state index in [-0.39, 0.29) is 17.9 Å². The summed E-state index contributed by atoms with van der Waals surface area (Å²) in [6, 6.07) is 0.278. The van der Waals surface area contributed by atoms with Gasteiger partial charge < -0.3 is 9.08 Å². The van der Waals surface area contributed by atoms with Crippen LogP contribution in [-0.4, -0.2) is 37.9 Å². The van der Waals surface area contributed by atoms with Crippen LogP contribution in [0.3, 0.4) is 0 Å². The van der Waals surface area contributed by atoms with Gasteiger partial charge in [0.15, 0.2) is 11.1 Å². The molecule has 2 rings (SSSR count). The highest BCUT2D eigenvalue weighted by atomic mass is 35.7. The second kappa shape index (κ2) is 4.09. The van der Waals surface area contributed by atoms with Gasteiger partial charge in [0.25, 0.3) is 0 Å². The van der Waals surface area contributed by atoms with Gasteiger partial charge in [0, 0.05) is 12.6 Å². The minimum atomic E-state index is -1.78. The first-order valence-electron chi connectivity index (χ1n) is 4.15. The van der Waals surface area contributed by atoms with Crippen molar-refractivity contribution in [2.75, 3.05) is 12.3 Å². The third-order valence-corrected chi connectivity index (χ3v) is 5.21. The zero-order valence-corrected chi connectivity index (χ0v) is 9.39. The van der Waals surface area contributed by atoms with Crippen LogP contribution in [0.2, 0.25) is 0 Å². The van der Waals surface area contributed by atoms with Gasteiger partial charge in [0.1, 0.15) is 0 Å². The Kier molecular flexibility index (Phi) is 3.23. The average Bonchev–Trinajstić information content (AvgIpc) is 2.56. The molecule has 4 atom stereocenters. The van der Waals surface area contributed by atoms with E-state index in [9.17, 15) is 4.21 Å². The standard InChI is InChI=1S/C6H11ClNO3PS/c7-12-8-3-1-2-5(8)6(11-12)4-13(9)10/h5-6H,1-4H2,(H,9,10)/t5-,6+,12?/m0/s1. The molecule has 0 amide bonds. The van der Waals surface area contributed by atoms with Crippen molar-refractivity contribution in [3.05, 3.63) is 0 Å². The second-order valence-corrected chi connectivity index (χ2v) is 6.25. The zero-order chi connectivity index (χ0) is 9.42. The summed E-state index contributed by atoms with van der Waals surface area (Å²) >= 11 is 4.20. The first-order valence-corrected chi connectivity index (χ1v) is 7.54. The van der Waals surface area contributed by atoms with Crippen LogP contribution in [0.1, 0.15) is 12.8 Å². The van der Waals surface area contributed by atoms with E-state index in [1.807, 2.05) is 0 Å². The molecular weight excluding hydrogens is 233 g/mol. The maximum absolute atomic E-state index is 10.6. The summed E-state index contributed by atoms with van der Waals surface area (Å²) < 4.78 is 26.9. The molecule has 0 aromatic carbocycles. The topological polar surface area (TPSA) is 49.8 Å². The number of nitrogens with zero attached hydrogens (tertiary/aromatic N) is 1. The van der Waals surface area contributed by atoms with Crippen molar-refractivity contribution in [1.29, 1.82) is 0 Å². The highest BCUT2D eigenvalue weighted by Crippen LogP contribution is 2.58. The summed E-state index contributed by atoms with van der Waals surface area (Å²) in [7, 11) is -1.02. The predicted octanol–water partition coefficient (Wildman–Crippen LogP) is 1.54. The monoisotopic (exact) mass is 243 g/mol. The minimum Gasteiger partial charge on any atom is -0.325 e. The van der Waals surface area contributed by atoms with Crippen LogP contribution in [0.4, 0.5) is 0 Å². The molecule has 0 aromatic rings. The van der Waals surface area contributed by atoms with Crippen LogP contribution in [0.15, 0.2) is 0 Å². The largest absolute Gasteiger partial charge is 0.325 e.